The van der Waals surface area contributed by atoms with Crippen LogP contribution >= 0.6 is 0 Å². The van der Waals surface area contributed by atoms with Gasteiger partial charge in [0.2, 0.25) is 5.89 Å². The molecule has 0 bridgehead atoms. The monoisotopic (exact) mass is 384 g/mol. The summed E-state index contributed by atoms with van der Waals surface area (Å²) < 4.78 is 5.94. The number of nitrogens with one attached hydrogen (secondary N) is 1. The molecule has 4 nitrogen and oxygen atoms in total. The number of aromatic nitrogens is 1. The predicted octanol–water partition coefficient (Wildman–Crippen LogP) is 6.49. The molecule has 1 amide bonds. The molecule has 0 saturated heterocycles. The first kappa shape index (κ1) is 18.9. The van der Waals surface area contributed by atoms with E-state index in [4.69, 9.17) is 4.42 Å². The number of aryl methyl sites for hydroxylation is 2. The van der Waals surface area contributed by atoms with Crippen molar-refractivity contribution in [3.05, 3.63) is 82.9 Å². The largest absolute Gasteiger partial charge is 0.436 e. The molecule has 1 heterocycles. The van der Waals surface area contributed by atoms with E-state index in [0.29, 0.717) is 23.1 Å². The van der Waals surface area contributed by atoms with Crippen molar-refractivity contribution >= 4 is 22.7 Å². The molecule has 0 radical (unpaired) electrons. The molecule has 0 spiro atoms. The lowest BCUT2D eigenvalue weighted by molar-refractivity contribution is 0.102. The maximum Gasteiger partial charge on any atom is 0.255 e. The molecular weight excluding hydrogens is 360 g/mol. The van der Waals surface area contributed by atoms with E-state index in [1.807, 2.05) is 62.4 Å². The van der Waals surface area contributed by atoms with Crippen molar-refractivity contribution in [1.82, 2.24) is 4.98 Å². The molecule has 0 fully saturated rings. The molecule has 1 N–H and O–H groups in total. The number of hydrogen-bond acceptors (Lipinski definition) is 3. The second-order valence-corrected chi connectivity index (χ2v) is 7.75. The Kier molecular flexibility index (Phi) is 4.93. The van der Waals surface area contributed by atoms with Gasteiger partial charge in [0.15, 0.2) is 5.58 Å². The van der Waals surface area contributed by atoms with Crippen molar-refractivity contribution in [3.8, 4) is 11.5 Å². The number of fused-ring (bicyclic) bond motifs is 1. The van der Waals surface area contributed by atoms with E-state index in [1.165, 1.54) is 5.56 Å². The van der Waals surface area contributed by atoms with Gasteiger partial charge in [0.1, 0.15) is 5.52 Å². The molecule has 0 aliphatic rings. The predicted molar refractivity (Wildman–Crippen MR) is 117 cm³/mol. The van der Waals surface area contributed by atoms with Crippen LogP contribution in [0.25, 0.3) is 22.6 Å². The molecular formula is C25H24N2O2. The van der Waals surface area contributed by atoms with Crippen LogP contribution < -0.4 is 5.32 Å². The maximum atomic E-state index is 12.7. The lowest BCUT2D eigenvalue weighted by atomic mass is 10.0. The van der Waals surface area contributed by atoms with Crippen molar-refractivity contribution < 1.29 is 9.21 Å². The number of carbonyl (C=O) groups is 1. The minimum absolute atomic E-state index is 0.126. The minimum Gasteiger partial charge on any atom is -0.436 e. The highest BCUT2D eigenvalue weighted by atomic mass is 16.3. The number of carbonyl (C=O) groups excluding carboxylic acids is 1. The average molecular weight is 384 g/mol. The number of hydrogen-bond donors (Lipinski definition) is 1. The molecule has 4 heteroatoms. The van der Waals surface area contributed by atoms with Crippen molar-refractivity contribution in [2.75, 3.05) is 5.32 Å². The average Bonchev–Trinajstić information content (AvgIpc) is 3.11. The van der Waals surface area contributed by atoms with Gasteiger partial charge in [-0.2, -0.15) is 0 Å². The fourth-order valence-electron chi connectivity index (χ4n) is 3.42. The van der Waals surface area contributed by atoms with E-state index in [2.05, 4.69) is 36.3 Å². The highest BCUT2D eigenvalue weighted by Gasteiger charge is 2.13. The van der Waals surface area contributed by atoms with Gasteiger partial charge < -0.3 is 9.73 Å². The van der Waals surface area contributed by atoms with Crippen molar-refractivity contribution in [1.29, 1.82) is 0 Å². The lowest BCUT2D eigenvalue weighted by Crippen LogP contribution is -2.13. The third-order valence-corrected chi connectivity index (χ3v) is 5.07. The summed E-state index contributed by atoms with van der Waals surface area (Å²) in [6, 6.07) is 19.5. The summed E-state index contributed by atoms with van der Waals surface area (Å²) in [5.41, 5.74) is 7.13. The standard InChI is InChI=1S/C25H24N2O2/c1-15(2)18-9-11-23-22(14-18)27-25(29-23)19-6-5-7-20(13-19)26-24(28)21-10-8-16(3)12-17(21)4/h5-15H,1-4H3,(H,26,28). The Labute approximate surface area is 170 Å². The van der Waals surface area contributed by atoms with Crippen LogP contribution in [0, 0.1) is 13.8 Å². The van der Waals surface area contributed by atoms with Gasteiger partial charge >= 0.3 is 0 Å². The second kappa shape index (κ2) is 7.55. The number of oxazole rings is 1. The first-order valence-electron chi connectivity index (χ1n) is 9.80. The maximum absolute atomic E-state index is 12.7. The molecule has 29 heavy (non-hydrogen) atoms. The Morgan fingerprint density at radius 1 is 1.00 bits per heavy atom. The Bertz CT molecular complexity index is 1200. The van der Waals surface area contributed by atoms with Crippen LogP contribution in [-0.2, 0) is 0 Å². The first-order chi connectivity index (χ1) is 13.9. The second-order valence-electron chi connectivity index (χ2n) is 7.75. The highest BCUT2D eigenvalue weighted by molar-refractivity contribution is 6.05. The van der Waals surface area contributed by atoms with E-state index in [9.17, 15) is 4.79 Å². The molecule has 0 aliphatic heterocycles. The van der Waals surface area contributed by atoms with Crippen LogP contribution in [0.4, 0.5) is 5.69 Å². The SMILES string of the molecule is Cc1ccc(C(=O)Nc2cccc(-c3nc4cc(C(C)C)ccc4o3)c2)c(C)c1. The van der Waals surface area contributed by atoms with Gasteiger partial charge in [-0.3, -0.25) is 4.79 Å². The van der Waals surface area contributed by atoms with Crippen LogP contribution in [0.1, 0.15) is 46.8 Å². The Balaban J connectivity index is 1.61. The van der Waals surface area contributed by atoms with Crippen molar-refractivity contribution in [2.45, 2.75) is 33.6 Å². The Morgan fingerprint density at radius 2 is 1.83 bits per heavy atom. The third kappa shape index (κ3) is 3.92. The van der Waals surface area contributed by atoms with Gasteiger partial charge in [-0.05, 0) is 67.3 Å². The molecule has 4 aromatic rings. The van der Waals surface area contributed by atoms with E-state index in [0.717, 1.165) is 27.8 Å². The fraction of sp³-hybridized carbons (Fsp3) is 0.200. The fourth-order valence-corrected chi connectivity index (χ4v) is 3.42. The molecule has 3 aromatic carbocycles. The van der Waals surface area contributed by atoms with Gasteiger partial charge in [0.25, 0.3) is 5.91 Å². The third-order valence-electron chi connectivity index (χ3n) is 5.07. The van der Waals surface area contributed by atoms with E-state index in [-0.39, 0.29) is 5.91 Å². The van der Waals surface area contributed by atoms with Crippen LogP contribution in [-0.4, -0.2) is 10.9 Å². The molecule has 0 atom stereocenters. The van der Waals surface area contributed by atoms with Crippen LogP contribution in [0.5, 0.6) is 0 Å². The highest BCUT2D eigenvalue weighted by Crippen LogP contribution is 2.28. The van der Waals surface area contributed by atoms with Crippen LogP contribution in [0.15, 0.2) is 65.1 Å². The molecule has 0 unspecified atom stereocenters. The van der Waals surface area contributed by atoms with Gasteiger partial charge in [0.05, 0.1) is 0 Å². The zero-order chi connectivity index (χ0) is 20.5. The van der Waals surface area contributed by atoms with Gasteiger partial charge in [-0.1, -0.05) is 43.7 Å². The molecule has 146 valence electrons. The molecule has 0 aliphatic carbocycles. The quantitative estimate of drug-likeness (QED) is 0.438. The number of benzene rings is 3. The van der Waals surface area contributed by atoms with Crippen LogP contribution in [0.2, 0.25) is 0 Å². The zero-order valence-electron chi connectivity index (χ0n) is 17.1. The van der Waals surface area contributed by atoms with Gasteiger partial charge in [-0.25, -0.2) is 4.98 Å². The van der Waals surface area contributed by atoms with Crippen molar-refractivity contribution in [3.63, 3.8) is 0 Å². The topological polar surface area (TPSA) is 55.1 Å². The number of anilines is 1. The van der Waals surface area contributed by atoms with Crippen LogP contribution in [0.3, 0.4) is 0 Å². The summed E-state index contributed by atoms with van der Waals surface area (Å²) in [4.78, 5) is 17.3. The summed E-state index contributed by atoms with van der Waals surface area (Å²) >= 11 is 0. The summed E-state index contributed by atoms with van der Waals surface area (Å²) in [6.45, 7) is 8.28. The number of amides is 1. The van der Waals surface area contributed by atoms with E-state index in [1.54, 1.807) is 0 Å². The molecule has 1 aromatic heterocycles. The Hall–Kier alpha value is -3.40. The van der Waals surface area contributed by atoms with E-state index < -0.39 is 0 Å². The summed E-state index contributed by atoms with van der Waals surface area (Å²) in [5, 5.41) is 2.98. The smallest absolute Gasteiger partial charge is 0.255 e. The van der Waals surface area contributed by atoms with Gasteiger partial charge in [0, 0.05) is 16.8 Å². The number of rotatable bonds is 4. The van der Waals surface area contributed by atoms with Gasteiger partial charge in [-0.15, -0.1) is 0 Å². The number of nitrogens with zero attached hydrogens (tertiary/aromatic N) is 1. The van der Waals surface area contributed by atoms with Crippen molar-refractivity contribution in [2.24, 2.45) is 0 Å². The zero-order valence-corrected chi connectivity index (χ0v) is 17.1. The lowest BCUT2D eigenvalue weighted by Gasteiger charge is -2.09. The molecule has 4 rings (SSSR count). The normalized spacial score (nSPS) is 11.2. The summed E-state index contributed by atoms with van der Waals surface area (Å²) in [5.74, 6) is 0.852. The minimum atomic E-state index is -0.126. The summed E-state index contributed by atoms with van der Waals surface area (Å²) in [7, 11) is 0. The Morgan fingerprint density at radius 3 is 2.59 bits per heavy atom. The first-order valence-corrected chi connectivity index (χ1v) is 9.80. The summed E-state index contributed by atoms with van der Waals surface area (Å²) in [6.07, 6.45) is 0. The van der Waals surface area contributed by atoms with E-state index >= 15 is 0 Å². The molecule has 0 saturated carbocycles.